The summed E-state index contributed by atoms with van der Waals surface area (Å²) >= 11 is 0. The summed E-state index contributed by atoms with van der Waals surface area (Å²) < 4.78 is 17.8. The third-order valence-electron chi connectivity index (χ3n) is 3.47. The van der Waals surface area contributed by atoms with Gasteiger partial charge in [0.2, 0.25) is 5.91 Å². The number of aryl methyl sites for hydroxylation is 1. The van der Waals surface area contributed by atoms with Gasteiger partial charge in [0, 0.05) is 24.7 Å². The van der Waals surface area contributed by atoms with E-state index in [4.69, 9.17) is 4.52 Å². The first kappa shape index (κ1) is 15.0. The second kappa shape index (κ2) is 6.07. The average molecular weight is 318 g/mol. The lowest BCUT2D eigenvalue weighted by atomic mass is 10.2. The highest BCUT2D eigenvalue weighted by Gasteiger charge is 2.31. The van der Waals surface area contributed by atoms with Gasteiger partial charge in [0.15, 0.2) is 5.82 Å². The van der Waals surface area contributed by atoms with Crippen LogP contribution in [-0.4, -0.2) is 29.7 Å². The molecule has 23 heavy (non-hydrogen) atoms. The molecule has 1 aliphatic heterocycles. The minimum atomic E-state index is -0.461. The molecule has 2 aromatic rings. The number of halogens is 1. The second-order valence-electron chi connectivity index (χ2n) is 5.30. The maximum atomic E-state index is 12.9. The van der Waals surface area contributed by atoms with Gasteiger partial charge in [0.25, 0.3) is 0 Å². The van der Waals surface area contributed by atoms with E-state index >= 15 is 0 Å². The predicted octanol–water partition coefficient (Wildman–Crippen LogP) is 2.05. The van der Waals surface area contributed by atoms with Crippen LogP contribution in [0.25, 0.3) is 0 Å². The van der Waals surface area contributed by atoms with E-state index in [1.54, 1.807) is 13.0 Å². The average Bonchev–Trinajstić information content (AvgIpc) is 3.06. The Morgan fingerprint density at radius 2 is 2.13 bits per heavy atom. The van der Waals surface area contributed by atoms with Crippen molar-refractivity contribution >= 4 is 23.4 Å². The second-order valence-corrected chi connectivity index (χ2v) is 5.30. The first-order valence-corrected chi connectivity index (χ1v) is 7.08. The fourth-order valence-corrected chi connectivity index (χ4v) is 2.44. The summed E-state index contributed by atoms with van der Waals surface area (Å²) in [5.74, 6) is 0.398. The van der Waals surface area contributed by atoms with Gasteiger partial charge in [0.05, 0.1) is 6.04 Å². The number of benzene rings is 1. The maximum absolute atomic E-state index is 12.9. The van der Waals surface area contributed by atoms with Crippen LogP contribution in [0.1, 0.15) is 12.2 Å². The molecule has 1 aromatic carbocycles. The van der Waals surface area contributed by atoms with Crippen molar-refractivity contribution in [3.8, 4) is 0 Å². The van der Waals surface area contributed by atoms with Crippen LogP contribution in [0, 0.1) is 12.7 Å². The van der Waals surface area contributed by atoms with Gasteiger partial charge in [0.1, 0.15) is 11.6 Å². The smallest absolute Gasteiger partial charge is 0.320 e. The number of aromatic nitrogens is 1. The number of anilines is 2. The molecule has 0 aliphatic carbocycles. The van der Waals surface area contributed by atoms with Crippen LogP contribution >= 0.6 is 0 Å². The molecular formula is C15H15FN4O3. The van der Waals surface area contributed by atoms with Gasteiger partial charge in [-0.1, -0.05) is 5.16 Å². The third kappa shape index (κ3) is 3.47. The van der Waals surface area contributed by atoms with E-state index in [9.17, 15) is 14.0 Å². The molecule has 3 amide bonds. The number of nitrogens with zero attached hydrogens (tertiary/aromatic N) is 2. The van der Waals surface area contributed by atoms with Gasteiger partial charge in [-0.25, -0.2) is 9.18 Å². The van der Waals surface area contributed by atoms with E-state index in [-0.39, 0.29) is 24.2 Å². The summed E-state index contributed by atoms with van der Waals surface area (Å²) in [7, 11) is 0. The van der Waals surface area contributed by atoms with Crippen LogP contribution in [0.4, 0.5) is 20.7 Å². The van der Waals surface area contributed by atoms with Crippen LogP contribution < -0.4 is 15.5 Å². The molecule has 0 radical (unpaired) electrons. The van der Waals surface area contributed by atoms with E-state index < -0.39 is 6.03 Å². The Balaban J connectivity index is 1.59. The van der Waals surface area contributed by atoms with Crippen molar-refractivity contribution in [2.45, 2.75) is 19.4 Å². The van der Waals surface area contributed by atoms with Crippen molar-refractivity contribution in [2.75, 3.05) is 16.8 Å². The van der Waals surface area contributed by atoms with Crippen molar-refractivity contribution < 1.29 is 18.5 Å². The Morgan fingerprint density at radius 3 is 2.78 bits per heavy atom. The molecule has 2 heterocycles. The number of rotatable bonds is 3. The van der Waals surface area contributed by atoms with Crippen molar-refractivity contribution in [1.29, 1.82) is 0 Å². The van der Waals surface area contributed by atoms with Crippen molar-refractivity contribution in [2.24, 2.45) is 0 Å². The predicted molar refractivity (Wildman–Crippen MR) is 80.6 cm³/mol. The molecule has 1 unspecified atom stereocenters. The lowest BCUT2D eigenvalue weighted by Gasteiger charge is -2.17. The number of hydrogen-bond acceptors (Lipinski definition) is 4. The zero-order valence-electron chi connectivity index (χ0n) is 12.4. The molecule has 1 saturated heterocycles. The highest BCUT2D eigenvalue weighted by molar-refractivity contribution is 5.97. The molecule has 1 aromatic heterocycles. The SMILES string of the molecule is Cc1cc(NC(=O)NC2CC(=O)N(c3ccc(F)cc3)C2)no1. The molecule has 0 bridgehead atoms. The topological polar surface area (TPSA) is 87.5 Å². The number of urea groups is 1. The zero-order chi connectivity index (χ0) is 16.4. The number of hydrogen-bond donors (Lipinski definition) is 2. The molecule has 1 atom stereocenters. The fourth-order valence-electron chi connectivity index (χ4n) is 2.44. The molecule has 8 heteroatoms. The third-order valence-corrected chi connectivity index (χ3v) is 3.47. The summed E-state index contributed by atoms with van der Waals surface area (Å²) in [5.41, 5.74) is 0.605. The van der Waals surface area contributed by atoms with Gasteiger partial charge in [-0.05, 0) is 31.2 Å². The quantitative estimate of drug-likeness (QED) is 0.906. The molecule has 120 valence electrons. The zero-order valence-corrected chi connectivity index (χ0v) is 12.4. The molecule has 7 nitrogen and oxygen atoms in total. The Labute approximate surface area is 131 Å². The van der Waals surface area contributed by atoms with Crippen LogP contribution in [0.5, 0.6) is 0 Å². The summed E-state index contributed by atoms with van der Waals surface area (Å²) in [5, 5.41) is 8.90. The highest BCUT2D eigenvalue weighted by Crippen LogP contribution is 2.21. The standard InChI is InChI=1S/C15H15FN4O3/c1-9-6-13(19-23-9)18-15(22)17-11-7-14(21)20(8-11)12-4-2-10(16)3-5-12/h2-6,11H,7-8H2,1H3,(H2,17,18,19,22). The largest absolute Gasteiger partial charge is 0.360 e. The van der Waals surface area contributed by atoms with Crippen molar-refractivity contribution in [3.05, 3.63) is 41.9 Å². The lowest BCUT2D eigenvalue weighted by molar-refractivity contribution is -0.117. The molecule has 3 rings (SSSR count). The monoisotopic (exact) mass is 318 g/mol. The minimum Gasteiger partial charge on any atom is -0.360 e. The number of carbonyl (C=O) groups excluding carboxylic acids is 2. The van der Waals surface area contributed by atoms with Gasteiger partial charge < -0.3 is 14.7 Å². The highest BCUT2D eigenvalue weighted by atomic mass is 19.1. The van der Waals surface area contributed by atoms with Gasteiger partial charge >= 0.3 is 6.03 Å². The molecule has 1 aliphatic rings. The summed E-state index contributed by atoms with van der Waals surface area (Å²) in [6.45, 7) is 2.04. The summed E-state index contributed by atoms with van der Waals surface area (Å²) in [6.07, 6.45) is 0.183. The maximum Gasteiger partial charge on any atom is 0.320 e. The molecule has 2 N–H and O–H groups in total. The van der Waals surface area contributed by atoms with E-state index in [2.05, 4.69) is 15.8 Å². The fraction of sp³-hybridized carbons (Fsp3) is 0.267. The molecular weight excluding hydrogens is 303 g/mol. The van der Waals surface area contributed by atoms with Crippen LogP contribution in [0.3, 0.4) is 0 Å². The molecule has 1 fully saturated rings. The van der Waals surface area contributed by atoms with Gasteiger partial charge in [-0.3, -0.25) is 10.1 Å². The van der Waals surface area contributed by atoms with Gasteiger partial charge in [-0.2, -0.15) is 0 Å². The normalized spacial score (nSPS) is 17.4. The van der Waals surface area contributed by atoms with E-state index in [0.29, 0.717) is 23.8 Å². The van der Waals surface area contributed by atoms with E-state index in [1.165, 1.54) is 29.2 Å². The number of nitrogens with one attached hydrogen (secondary N) is 2. The van der Waals surface area contributed by atoms with Crippen molar-refractivity contribution in [1.82, 2.24) is 10.5 Å². The summed E-state index contributed by atoms with van der Waals surface area (Å²) in [6, 6.07) is 6.45. The van der Waals surface area contributed by atoms with Gasteiger partial charge in [-0.15, -0.1) is 0 Å². The Hall–Kier alpha value is -2.90. The van der Waals surface area contributed by atoms with Crippen LogP contribution in [0.15, 0.2) is 34.9 Å². The molecule has 0 spiro atoms. The Kier molecular flexibility index (Phi) is 3.96. The molecule has 0 saturated carbocycles. The van der Waals surface area contributed by atoms with Crippen LogP contribution in [0.2, 0.25) is 0 Å². The Morgan fingerprint density at radius 1 is 1.39 bits per heavy atom. The Bertz CT molecular complexity index is 729. The van der Waals surface area contributed by atoms with Crippen LogP contribution in [-0.2, 0) is 4.79 Å². The number of amides is 3. The number of carbonyl (C=O) groups is 2. The summed E-state index contributed by atoms with van der Waals surface area (Å²) in [4.78, 5) is 25.5. The first-order chi connectivity index (χ1) is 11.0. The van der Waals surface area contributed by atoms with Crippen molar-refractivity contribution in [3.63, 3.8) is 0 Å². The first-order valence-electron chi connectivity index (χ1n) is 7.08. The van der Waals surface area contributed by atoms with E-state index in [0.717, 1.165) is 0 Å². The van der Waals surface area contributed by atoms with E-state index in [1.807, 2.05) is 0 Å². The lowest BCUT2D eigenvalue weighted by Crippen LogP contribution is -2.39. The minimum absolute atomic E-state index is 0.126.